The topological polar surface area (TPSA) is 72.7 Å². The molecule has 0 bridgehead atoms. The van der Waals surface area contributed by atoms with Gasteiger partial charge in [-0.25, -0.2) is 0 Å². The number of benzene rings is 2. The number of para-hydroxylation sites is 1. The van der Waals surface area contributed by atoms with Gasteiger partial charge in [0.2, 0.25) is 11.1 Å². The van der Waals surface area contributed by atoms with Gasteiger partial charge in [0.25, 0.3) is 0 Å². The number of nitrogens with one attached hydrogen (secondary N) is 1. The standard InChI is InChI=1S/C17H17N5OS/c1-13-6-5-9-15(12-13)22-17(19-20-21-22)24-11-10-16(23)18-14-7-3-2-4-8-14/h2-9,12H,10-11H2,1H3,(H,18,23). The lowest BCUT2D eigenvalue weighted by Crippen LogP contribution is -2.12. The summed E-state index contributed by atoms with van der Waals surface area (Å²) < 4.78 is 1.69. The molecule has 0 spiro atoms. The third-order valence-corrected chi connectivity index (χ3v) is 4.23. The predicted octanol–water partition coefficient (Wildman–Crippen LogP) is 3.09. The van der Waals surface area contributed by atoms with Crippen LogP contribution >= 0.6 is 11.8 Å². The second kappa shape index (κ2) is 7.74. The number of tetrazole rings is 1. The van der Waals surface area contributed by atoms with Crippen LogP contribution in [0.2, 0.25) is 0 Å². The number of nitrogens with zero attached hydrogens (tertiary/aromatic N) is 4. The quantitative estimate of drug-likeness (QED) is 0.699. The van der Waals surface area contributed by atoms with Crippen LogP contribution in [-0.2, 0) is 4.79 Å². The summed E-state index contributed by atoms with van der Waals surface area (Å²) in [6, 6.07) is 17.4. The lowest BCUT2D eigenvalue weighted by Gasteiger charge is -2.06. The minimum absolute atomic E-state index is 0.0247. The van der Waals surface area contributed by atoms with Gasteiger partial charge in [0.05, 0.1) is 5.69 Å². The van der Waals surface area contributed by atoms with Crippen molar-refractivity contribution in [2.75, 3.05) is 11.1 Å². The minimum Gasteiger partial charge on any atom is -0.326 e. The lowest BCUT2D eigenvalue weighted by atomic mass is 10.2. The van der Waals surface area contributed by atoms with E-state index in [2.05, 4.69) is 20.8 Å². The van der Waals surface area contributed by atoms with Crippen LogP contribution in [0.3, 0.4) is 0 Å². The third kappa shape index (κ3) is 4.20. The van der Waals surface area contributed by atoms with E-state index in [0.717, 1.165) is 16.9 Å². The Bertz CT molecular complexity index is 819. The van der Waals surface area contributed by atoms with Gasteiger partial charge in [0.1, 0.15) is 0 Å². The van der Waals surface area contributed by atoms with Crippen molar-refractivity contribution in [3.8, 4) is 5.69 Å². The molecule has 1 aromatic heterocycles. The highest BCUT2D eigenvalue weighted by atomic mass is 32.2. The molecule has 0 saturated heterocycles. The number of hydrogen-bond acceptors (Lipinski definition) is 5. The molecular formula is C17H17N5OS. The smallest absolute Gasteiger partial charge is 0.225 e. The summed E-state index contributed by atoms with van der Waals surface area (Å²) >= 11 is 1.46. The van der Waals surface area contributed by atoms with E-state index in [1.807, 2.05) is 61.5 Å². The lowest BCUT2D eigenvalue weighted by molar-refractivity contribution is -0.115. The first-order chi connectivity index (χ1) is 11.7. The van der Waals surface area contributed by atoms with Gasteiger partial charge in [-0.3, -0.25) is 4.79 Å². The number of hydrogen-bond donors (Lipinski definition) is 1. The van der Waals surface area contributed by atoms with Gasteiger partial charge >= 0.3 is 0 Å². The maximum Gasteiger partial charge on any atom is 0.225 e. The van der Waals surface area contributed by atoms with Crippen LogP contribution in [0, 0.1) is 6.92 Å². The zero-order chi connectivity index (χ0) is 16.8. The molecule has 2 aromatic carbocycles. The summed E-state index contributed by atoms with van der Waals surface area (Å²) in [4.78, 5) is 12.0. The number of rotatable bonds is 6. The monoisotopic (exact) mass is 339 g/mol. The molecule has 3 rings (SSSR count). The number of aryl methyl sites for hydroxylation is 1. The first kappa shape index (κ1) is 16.2. The fraction of sp³-hybridized carbons (Fsp3) is 0.176. The van der Waals surface area contributed by atoms with E-state index in [1.54, 1.807) is 4.68 Å². The number of carbonyl (C=O) groups is 1. The first-order valence-corrected chi connectivity index (χ1v) is 8.54. The Balaban J connectivity index is 1.56. The maximum absolute atomic E-state index is 12.0. The molecule has 0 aliphatic heterocycles. The molecule has 1 heterocycles. The SMILES string of the molecule is Cc1cccc(-n2nnnc2SCCC(=O)Nc2ccccc2)c1. The van der Waals surface area contributed by atoms with E-state index in [4.69, 9.17) is 0 Å². The molecule has 0 fully saturated rings. The van der Waals surface area contributed by atoms with Gasteiger partial charge < -0.3 is 5.32 Å². The largest absolute Gasteiger partial charge is 0.326 e. The molecule has 0 atom stereocenters. The molecule has 1 N–H and O–H groups in total. The van der Waals surface area contributed by atoms with Gasteiger partial charge in [-0.05, 0) is 47.2 Å². The molecule has 0 unspecified atom stereocenters. The zero-order valence-electron chi connectivity index (χ0n) is 13.2. The van der Waals surface area contributed by atoms with E-state index in [-0.39, 0.29) is 5.91 Å². The Labute approximate surface area is 144 Å². The predicted molar refractivity (Wildman–Crippen MR) is 94.3 cm³/mol. The molecule has 1 amide bonds. The fourth-order valence-corrected chi connectivity index (χ4v) is 3.00. The highest BCUT2D eigenvalue weighted by Gasteiger charge is 2.10. The summed E-state index contributed by atoms with van der Waals surface area (Å²) in [6.45, 7) is 2.02. The van der Waals surface area contributed by atoms with Crippen molar-refractivity contribution < 1.29 is 4.79 Å². The minimum atomic E-state index is -0.0247. The Hall–Kier alpha value is -2.67. The van der Waals surface area contributed by atoms with Crippen LogP contribution < -0.4 is 5.32 Å². The van der Waals surface area contributed by atoms with Crippen molar-refractivity contribution >= 4 is 23.4 Å². The zero-order valence-corrected chi connectivity index (χ0v) is 14.0. The average molecular weight is 339 g/mol. The Morgan fingerprint density at radius 3 is 2.79 bits per heavy atom. The molecule has 24 heavy (non-hydrogen) atoms. The van der Waals surface area contributed by atoms with Crippen LogP contribution in [0.4, 0.5) is 5.69 Å². The summed E-state index contributed by atoms with van der Waals surface area (Å²) in [7, 11) is 0. The highest BCUT2D eigenvalue weighted by molar-refractivity contribution is 7.99. The van der Waals surface area contributed by atoms with Gasteiger partial charge in [-0.1, -0.05) is 42.1 Å². The van der Waals surface area contributed by atoms with E-state index < -0.39 is 0 Å². The molecular weight excluding hydrogens is 322 g/mol. The van der Waals surface area contributed by atoms with Crippen molar-refractivity contribution in [2.24, 2.45) is 0 Å². The van der Waals surface area contributed by atoms with E-state index in [0.29, 0.717) is 17.3 Å². The van der Waals surface area contributed by atoms with Crippen molar-refractivity contribution in [3.05, 3.63) is 60.2 Å². The summed E-state index contributed by atoms with van der Waals surface area (Å²) in [5, 5.41) is 15.3. The van der Waals surface area contributed by atoms with Crippen molar-refractivity contribution in [3.63, 3.8) is 0 Å². The van der Waals surface area contributed by atoms with Crippen molar-refractivity contribution in [1.82, 2.24) is 20.2 Å². The molecule has 0 aliphatic carbocycles. The molecule has 0 saturated carbocycles. The van der Waals surface area contributed by atoms with Crippen LogP contribution in [0.5, 0.6) is 0 Å². The van der Waals surface area contributed by atoms with Crippen molar-refractivity contribution in [1.29, 1.82) is 0 Å². The Kier molecular flexibility index (Phi) is 5.22. The third-order valence-electron chi connectivity index (χ3n) is 3.30. The molecule has 0 aliphatic rings. The normalized spacial score (nSPS) is 10.5. The van der Waals surface area contributed by atoms with Gasteiger partial charge in [0.15, 0.2) is 0 Å². The maximum atomic E-state index is 12.0. The molecule has 3 aromatic rings. The fourth-order valence-electron chi connectivity index (χ4n) is 2.17. The van der Waals surface area contributed by atoms with Crippen molar-refractivity contribution in [2.45, 2.75) is 18.5 Å². The van der Waals surface area contributed by atoms with Crippen LogP contribution in [0.25, 0.3) is 5.69 Å². The number of aromatic nitrogens is 4. The van der Waals surface area contributed by atoms with Gasteiger partial charge in [0, 0.05) is 17.9 Å². The Morgan fingerprint density at radius 1 is 1.17 bits per heavy atom. The van der Waals surface area contributed by atoms with E-state index in [1.165, 1.54) is 11.8 Å². The molecule has 6 nitrogen and oxygen atoms in total. The van der Waals surface area contributed by atoms with E-state index in [9.17, 15) is 4.79 Å². The van der Waals surface area contributed by atoms with Crippen LogP contribution in [0.15, 0.2) is 59.8 Å². The Morgan fingerprint density at radius 2 is 2.00 bits per heavy atom. The number of thioether (sulfide) groups is 1. The summed E-state index contributed by atoms with van der Waals surface area (Å²) in [6.07, 6.45) is 0.389. The second-order valence-corrected chi connectivity index (χ2v) is 6.29. The molecule has 7 heteroatoms. The first-order valence-electron chi connectivity index (χ1n) is 7.55. The van der Waals surface area contributed by atoms with Crippen LogP contribution in [-0.4, -0.2) is 31.9 Å². The summed E-state index contributed by atoms with van der Waals surface area (Å²) in [5.41, 5.74) is 2.86. The number of amides is 1. The highest BCUT2D eigenvalue weighted by Crippen LogP contribution is 2.19. The van der Waals surface area contributed by atoms with Gasteiger partial charge in [-0.15, -0.1) is 5.10 Å². The van der Waals surface area contributed by atoms with E-state index >= 15 is 0 Å². The second-order valence-electron chi connectivity index (χ2n) is 5.22. The summed E-state index contributed by atoms with van der Waals surface area (Å²) in [5.74, 6) is 0.577. The molecule has 0 radical (unpaired) electrons. The number of carbonyl (C=O) groups excluding carboxylic acids is 1. The average Bonchev–Trinajstić information content (AvgIpc) is 3.04. The number of anilines is 1. The van der Waals surface area contributed by atoms with Gasteiger partial charge in [-0.2, -0.15) is 4.68 Å². The molecule has 122 valence electrons. The van der Waals surface area contributed by atoms with Crippen LogP contribution in [0.1, 0.15) is 12.0 Å².